The third-order valence-corrected chi connectivity index (χ3v) is 1.63. The van der Waals surface area contributed by atoms with Crippen molar-refractivity contribution >= 4 is 11.8 Å². The molecule has 16 heavy (non-hydrogen) atoms. The van der Waals surface area contributed by atoms with Crippen LogP contribution in [0.2, 0.25) is 0 Å². The van der Waals surface area contributed by atoms with E-state index in [-0.39, 0.29) is 18.9 Å². The van der Waals surface area contributed by atoms with E-state index in [1.807, 2.05) is 0 Å². The van der Waals surface area contributed by atoms with E-state index in [4.69, 9.17) is 10.5 Å². The second-order valence-corrected chi connectivity index (χ2v) is 2.99. The van der Waals surface area contributed by atoms with Crippen LogP contribution in [0, 0.1) is 5.82 Å². The van der Waals surface area contributed by atoms with Crippen LogP contribution >= 0.6 is 0 Å². The van der Waals surface area contributed by atoms with E-state index in [0.717, 1.165) is 6.07 Å². The molecule has 6 heteroatoms. The van der Waals surface area contributed by atoms with Crippen LogP contribution in [0.5, 0.6) is 5.75 Å². The Morgan fingerprint density at radius 2 is 2.19 bits per heavy atom. The van der Waals surface area contributed by atoms with Gasteiger partial charge in [-0.2, -0.15) is 0 Å². The number of rotatable bonds is 5. The lowest BCUT2D eigenvalue weighted by molar-refractivity contribution is -0.126. The van der Waals surface area contributed by atoms with Crippen LogP contribution in [0.15, 0.2) is 24.3 Å². The van der Waals surface area contributed by atoms with Gasteiger partial charge < -0.3 is 15.8 Å². The van der Waals surface area contributed by atoms with Gasteiger partial charge in [0.1, 0.15) is 11.6 Å². The zero-order valence-corrected chi connectivity index (χ0v) is 8.40. The summed E-state index contributed by atoms with van der Waals surface area (Å²) in [4.78, 5) is 21.4. The number of primary amides is 1. The van der Waals surface area contributed by atoms with Crippen molar-refractivity contribution in [1.29, 1.82) is 0 Å². The number of carbonyl (C=O) groups excluding carboxylic acids is 2. The summed E-state index contributed by atoms with van der Waals surface area (Å²) in [7, 11) is 0. The number of hydrogen-bond donors (Lipinski definition) is 2. The lowest BCUT2D eigenvalue weighted by Crippen LogP contribution is -2.36. The summed E-state index contributed by atoms with van der Waals surface area (Å²) in [6.07, 6.45) is 0. The number of amides is 2. The van der Waals surface area contributed by atoms with Crippen LogP contribution < -0.4 is 15.8 Å². The SMILES string of the molecule is NC(=O)CNC(=O)COc1cccc(F)c1. The van der Waals surface area contributed by atoms with E-state index in [0.29, 0.717) is 0 Å². The van der Waals surface area contributed by atoms with Crippen LogP contribution in [0.25, 0.3) is 0 Å². The van der Waals surface area contributed by atoms with Gasteiger partial charge in [-0.1, -0.05) is 6.07 Å². The van der Waals surface area contributed by atoms with Gasteiger partial charge in [-0.05, 0) is 12.1 Å². The molecule has 0 aliphatic heterocycles. The summed E-state index contributed by atoms with van der Waals surface area (Å²) in [5.74, 6) is -1.34. The van der Waals surface area contributed by atoms with E-state index in [2.05, 4.69) is 5.32 Å². The number of carbonyl (C=O) groups is 2. The van der Waals surface area contributed by atoms with E-state index in [1.165, 1.54) is 18.2 Å². The molecule has 5 nitrogen and oxygen atoms in total. The molecule has 0 aliphatic carbocycles. The zero-order chi connectivity index (χ0) is 12.0. The third kappa shape index (κ3) is 4.41. The summed E-state index contributed by atoms with van der Waals surface area (Å²) >= 11 is 0. The first-order valence-corrected chi connectivity index (χ1v) is 4.51. The Hall–Kier alpha value is -2.11. The first-order chi connectivity index (χ1) is 7.58. The molecule has 1 rings (SSSR count). The van der Waals surface area contributed by atoms with Crippen LogP contribution in [0.1, 0.15) is 0 Å². The molecule has 0 aliphatic rings. The Kier molecular flexibility index (Phi) is 4.26. The first kappa shape index (κ1) is 12.0. The van der Waals surface area contributed by atoms with Crippen molar-refractivity contribution in [1.82, 2.24) is 5.32 Å². The van der Waals surface area contributed by atoms with Crippen molar-refractivity contribution in [2.24, 2.45) is 5.73 Å². The predicted molar refractivity (Wildman–Crippen MR) is 54.1 cm³/mol. The highest BCUT2D eigenvalue weighted by atomic mass is 19.1. The van der Waals surface area contributed by atoms with Gasteiger partial charge >= 0.3 is 0 Å². The molecule has 1 aromatic carbocycles. The Bertz CT molecular complexity index is 395. The molecule has 0 saturated heterocycles. The molecule has 0 atom stereocenters. The lowest BCUT2D eigenvalue weighted by Gasteiger charge is -2.05. The summed E-state index contributed by atoms with van der Waals surface area (Å²) in [6, 6.07) is 5.40. The van der Waals surface area contributed by atoms with Crippen molar-refractivity contribution in [3.05, 3.63) is 30.1 Å². The molecular formula is C10H11FN2O3. The summed E-state index contributed by atoms with van der Waals surface area (Å²) in [6.45, 7) is -0.540. The molecule has 0 bridgehead atoms. The average Bonchev–Trinajstić information content (AvgIpc) is 2.23. The maximum absolute atomic E-state index is 12.7. The first-order valence-electron chi connectivity index (χ1n) is 4.51. The van der Waals surface area contributed by atoms with Crippen LogP contribution in [0.4, 0.5) is 4.39 Å². The normalized spacial score (nSPS) is 9.56. The van der Waals surface area contributed by atoms with Gasteiger partial charge in [0, 0.05) is 6.07 Å². The molecule has 0 saturated carbocycles. The Balaban J connectivity index is 2.34. The quantitative estimate of drug-likeness (QED) is 0.729. The average molecular weight is 226 g/mol. The van der Waals surface area contributed by atoms with Gasteiger partial charge in [0.2, 0.25) is 5.91 Å². The minimum absolute atomic E-state index is 0.245. The summed E-state index contributed by atoms with van der Waals surface area (Å²) < 4.78 is 17.7. The molecule has 3 N–H and O–H groups in total. The number of nitrogens with one attached hydrogen (secondary N) is 1. The largest absolute Gasteiger partial charge is 0.484 e. The van der Waals surface area contributed by atoms with E-state index >= 15 is 0 Å². The zero-order valence-electron chi connectivity index (χ0n) is 8.40. The highest BCUT2D eigenvalue weighted by molar-refractivity contribution is 5.84. The van der Waals surface area contributed by atoms with Crippen LogP contribution in [0.3, 0.4) is 0 Å². The second-order valence-electron chi connectivity index (χ2n) is 2.99. The molecule has 0 unspecified atom stereocenters. The molecular weight excluding hydrogens is 215 g/mol. The van der Waals surface area contributed by atoms with E-state index in [1.54, 1.807) is 0 Å². The van der Waals surface area contributed by atoms with Gasteiger partial charge in [-0.3, -0.25) is 9.59 Å². The fourth-order valence-corrected chi connectivity index (χ4v) is 0.942. The van der Waals surface area contributed by atoms with Crippen molar-refractivity contribution in [3.63, 3.8) is 0 Å². The van der Waals surface area contributed by atoms with Crippen molar-refractivity contribution in [3.8, 4) is 5.75 Å². The van der Waals surface area contributed by atoms with E-state index in [9.17, 15) is 14.0 Å². The molecule has 86 valence electrons. The highest BCUT2D eigenvalue weighted by Gasteiger charge is 2.04. The van der Waals surface area contributed by atoms with Crippen molar-refractivity contribution in [2.45, 2.75) is 0 Å². The Labute approximate surface area is 91.4 Å². The monoisotopic (exact) mass is 226 g/mol. The number of hydrogen-bond acceptors (Lipinski definition) is 3. The molecule has 0 spiro atoms. The predicted octanol–water partition coefficient (Wildman–Crippen LogP) is -0.194. The molecule has 0 heterocycles. The summed E-state index contributed by atoms with van der Waals surface area (Å²) in [5.41, 5.74) is 4.82. The number of nitrogens with two attached hydrogens (primary N) is 1. The number of benzene rings is 1. The molecule has 0 radical (unpaired) electrons. The second kappa shape index (κ2) is 5.69. The lowest BCUT2D eigenvalue weighted by atomic mass is 10.3. The fourth-order valence-electron chi connectivity index (χ4n) is 0.942. The van der Waals surface area contributed by atoms with Crippen molar-refractivity contribution < 1.29 is 18.7 Å². The van der Waals surface area contributed by atoms with Gasteiger partial charge in [0.25, 0.3) is 5.91 Å². The molecule has 0 fully saturated rings. The fraction of sp³-hybridized carbons (Fsp3) is 0.200. The topological polar surface area (TPSA) is 81.4 Å². The highest BCUT2D eigenvalue weighted by Crippen LogP contribution is 2.11. The van der Waals surface area contributed by atoms with Crippen LogP contribution in [-0.4, -0.2) is 25.0 Å². The molecule has 2 amide bonds. The van der Waals surface area contributed by atoms with Gasteiger partial charge in [0.15, 0.2) is 6.61 Å². The minimum Gasteiger partial charge on any atom is -0.484 e. The molecule has 0 aromatic heterocycles. The smallest absolute Gasteiger partial charge is 0.258 e. The van der Waals surface area contributed by atoms with Crippen molar-refractivity contribution in [2.75, 3.05) is 13.2 Å². The van der Waals surface area contributed by atoms with Crippen LogP contribution in [-0.2, 0) is 9.59 Å². The maximum Gasteiger partial charge on any atom is 0.258 e. The van der Waals surface area contributed by atoms with Gasteiger partial charge in [0.05, 0.1) is 6.54 Å². The Morgan fingerprint density at radius 1 is 1.44 bits per heavy atom. The van der Waals surface area contributed by atoms with Gasteiger partial charge in [-0.15, -0.1) is 0 Å². The van der Waals surface area contributed by atoms with E-state index < -0.39 is 17.6 Å². The standard InChI is InChI=1S/C10H11FN2O3/c11-7-2-1-3-8(4-7)16-6-10(15)13-5-9(12)14/h1-4H,5-6H2,(H2,12,14)(H,13,15). The van der Waals surface area contributed by atoms with Gasteiger partial charge in [-0.25, -0.2) is 4.39 Å². The number of halogens is 1. The maximum atomic E-state index is 12.7. The minimum atomic E-state index is -0.640. The molecule has 1 aromatic rings. The third-order valence-electron chi connectivity index (χ3n) is 1.63. The number of ether oxygens (including phenoxy) is 1. The Morgan fingerprint density at radius 3 is 2.81 bits per heavy atom. The summed E-state index contributed by atoms with van der Waals surface area (Å²) in [5, 5.41) is 2.23.